The van der Waals surface area contributed by atoms with E-state index in [0.29, 0.717) is 24.3 Å². The van der Waals surface area contributed by atoms with Crippen molar-refractivity contribution in [3.63, 3.8) is 0 Å². The van der Waals surface area contributed by atoms with Crippen LogP contribution < -0.4 is 19.1 Å². The molecule has 1 atom stereocenters. The zero-order chi connectivity index (χ0) is 21.8. The van der Waals surface area contributed by atoms with Crippen molar-refractivity contribution >= 4 is 79.1 Å². The van der Waals surface area contributed by atoms with Crippen molar-refractivity contribution in [1.82, 2.24) is 10.0 Å². The summed E-state index contributed by atoms with van der Waals surface area (Å²) in [5, 5.41) is 3.05. The van der Waals surface area contributed by atoms with Crippen molar-refractivity contribution in [3.05, 3.63) is 59.7 Å². The number of nitrogens with one attached hydrogen (secondary N) is 2. The van der Waals surface area contributed by atoms with Gasteiger partial charge in [-0.3, -0.25) is 9.59 Å². The fourth-order valence-electron chi connectivity index (χ4n) is 3.89. The summed E-state index contributed by atoms with van der Waals surface area (Å²) in [6.45, 7) is -0.0330. The number of anilines is 1. The van der Waals surface area contributed by atoms with Crippen LogP contribution in [0.1, 0.15) is 36.8 Å². The summed E-state index contributed by atoms with van der Waals surface area (Å²) in [5.74, 6) is -0.145. The molecule has 2 aromatic rings. The van der Waals surface area contributed by atoms with E-state index in [4.69, 9.17) is 4.74 Å². The van der Waals surface area contributed by atoms with E-state index in [-0.39, 0.29) is 76.5 Å². The van der Waals surface area contributed by atoms with Gasteiger partial charge in [-0.1, -0.05) is 42.8 Å². The van der Waals surface area contributed by atoms with Gasteiger partial charge in [0.2, 0.25) is 5.91 Å². The molecule has 2 heterocycles. The average molecular weight is 483 g/mol. The number of hydrogen-bond acceptors (Lipinski definition) is 5. The molecule has 1 radical (unpaired) electrons. The minimum absolute atomic E-state index is 0. The zero-order valence-corrected chi connectivity index (χ0v) is 22.0. The molecule has 32 heavy (non-hydrogen) atoms. The Morgan fingerprint density at radius 3 is 2.50 bits per heavy atom. The molecular weight excluding hydrogens is 457 g/mol. The van der Waals surface area contributed by atoms with Gasteiger partial charge in [0.15, 0.2) is 0 Å². The number of amides is 2. The van der Waals surface area contributed by atoms with Crippen LogP contribution in [0.3, 0.4) is 0 Å². The van der Waals surface area contributed by atoms with Crippen LogP contribution in [0.25, 0.3) is 0 Å². The van der Waals surface area contributed by atoms with Crippen molar-refractivity contribution in [2.24, 2.45) is 0 Å². The van der Waals surface area contributed by atoms with Gasteiger partial charge < -0.3 is 10.1 Å². The number of carbonyl (C=O) groups is 2. The second-order valence-corrected chi connectivity index (χ2v) is 9.42. The largest absolute Gasteiger partial charge is 0.487 e. The Morgan fingerprint density at radius 1 is 1.00 bits per heavy atom. The summed E-state index contributed by atoms with van der Waals surface area (Å²) in [6, 6.07) is 14.9. The Kier molecular flexibility index (Phi) is 8.76. The smallest absolute Gasteiger partial charge is 0.326 e. The van der Waals surface area contributed by atoms with E-state index in [1.807, 2.05) is 41.1 Å². The minimum atomic E-state index is -3.95. The molecule has 0 spiro atoms. The SMILES string of the molecule is O=C1CCCCC(Cc2ccc(N3CC(=O)NS3(=O)=O)c(OCc3ccccc3)c2)N1.[K]. The number of rotatable bonds is 6. The maximum atomic E-state index is 12.4. The first-order valence-electron chi connectivity index (χ1n) is 10.3. The van der Waals surface area contributed by atoms with E-state index >= 15 is 0 Å². The molecule has 0 saturated carbocycles. The number of carbonyl (C=O) groups excluding carboxylic acids is 2. The van der Waals surface area contributed by atoms with Gasteiger partial charge in [-0.2, -0.15) is 8.42 Å². The molecule has 0 bridgehead atoms. The molecule has 0 aliphatic carbocycles. The molecule has 4 rings (SSSR count). The summed E-state index contributed by atoms with van der Waals surface area (Å²) in [5.41, 5.74) is 2.17. The fourth-order valence-corrected chi connectivity index (χ4v) is 5.05. The predicted octanol–water partition coefficient (Wildman–Crippen LogP) is 1.67. The number of nitrogens with zero attached hydrogens (tertiary/aromatic N) is 1. The third-order valence-electron chi connectivity index (χ3n) is 5.40. The molecule has 2 aromatic carbocycles. The van der Waals surface area contributed by atoms with Gasteiger partial charge in [0.1, 0.15) is 18.9 Å². The van der Waals surface area contributed by atoms with Crippen LogP contribution in [0.4, 0.5) is 5.69 Å². The van der Waals surface area contributed by atoms with Gasteiger partial charge in [0, 0.05) is 63.8 Å². The van der Waals surface area contributed by atoms with Gasteiger partial charge in [0.05, 0.1) is 5.69 Å². The first-order chi connectivity index (χ1) is 14.9. The van der Waals surface area contributed by atoms with Crippen molar-refractivity contribution < 1.29 is 22.7 Å². The zero-order valence-electron chi connectivity index (χ0n) is 18.0. The molecule has 10 heteroatoms. The quantitative estimate of drug-likeness (QED) is 0.610. The van der Waals surface area contributed by atoms with E-state index in [2.05, 4.69) is 5.32 Å². The van der Waals surface area contributed by atoms with Gasteiger partial charge >= 0.3 is 10.2 Å². The second kappa shape index (κ2) is 11.1. The third-order valence-corrected chi connectivity index (χ3v) is 6.80. The van der Waals surface area contributed by atoms with E-state index in [1.54, 1.807) is 12.1 Å². The standard InChI is InChI=1S/C22H25N3O5S.K/c26-21-9-5-4-8-18(23-21)12-17-10-11-19(25-14-22(27)24-31(25,28)29)20(13-17)30-15-16-6-2-1-3-7-16;/h1-3,6-7,10-11,13,18H,4-5,8-9,12,14-15H2,(H,23,26)(H,24,27);. The Hall–Kier alpha value is -1.43. The average Bonchev–Trinajstić information content (AvgIpc) is 2.87. The van der Waals surface area contributed by atoms with Crippen LogP contribution in [0.15, 0.2) is 48.5 Å². The molecule has 2 fully saturated rings. The fraction of sp³-hybridized carbons (Fsp3) is 0.364. The number of ether oxygens (including phenoxy) is 1. The van der Waals surface area contributed by atoms with E-state index in [9.17, 15) is 18.0 Å². The van der Waals surface area contributed by atoms with Crippen LogP contribution in [0, 0.1) is 0 Å². The van der Waals surface area contributed by atoms with Crippen LogP contribution in [-0.2, 0) is 32.8 Å². The molecule has 165 valence electrons. The molecule has 2 aliphatic heterocycles. The summed E-state index contributed by atoms with van der Waals surface area (Å²) >= 11 is 0. The van der Waals surface area contributed by atoms with Gasteiger partial charge in [-0.05, 0) is 42.5 Å². The van der Waals surface area contributed by atoms with Crippen molar-refractivity contribution in [2.75, 3.05) is 10.8 Å². The van der Waals surface area contributed by atoms with Crippen molar-refractivity contribution in [1.29, 1.82) is 0 Å². The molecule has 2 aliphatic rings. The first-order valence-corrected chi connectivity index (χ1v) is 11.8. The normalized spacial score (nSPS) is 20.0. The Morgan fingerprint density at radius 2 is 1.78 bits per heavy atom. The van der Waals surface area contributed by atoms with Crippen LogP contribution in [0.2, 0.25) is 0 Å². The third kappa shape index (κ3) is 6.33. The Labute approximate surface area is 230 Å². The van der Waals surface area contributed by atoms with Gasteiger partial charge in [-0.25, -0.2) is 9.03 Å². The Balaban J connectivity index is 0.00000289. The molecule has 2 amide bonds. The summed E-state index contributed by atoms with van der Waals surface area (Å²) < 4.78 is 33.8. The van der Waals surface area contributed by atoms with Gasteiger partial charge in [-0.15, -0.1) is 0 Å². The maximum absolute atomic E-state index is 12.4. The molecule has 8 nitrogen and oxygen atoms in total. The maximum Gasteiger partial charge on any atom is 0.326 e. The summed E-state index contributed by atoms with van der Waals surface area (Å²) in [4.78, 5) is 23.6. The number of hydrogen-bond donors (Lipinski definition) is 2. The summed E-state index contributed by atoms with van der Waals surface area (Å²) in [6.07, 6.45) is 3.94. The topological polar surface area (TPSA) is 105 Å². The molecule has 1 unspecified atom stereocenters. The monoisotopic (exact) mass is 482 g/mol. The van der Waals surface area contributed by atoms with E-state index < -0.39 is 16.1 Å². The first kappa shape index (κ1) is 25.2. The van der Waals surface area contributed by atoms with Crippen LogP contribution in [0.5, 0.6) is 5.75 Å². The van der Waals surface area contributed by atoms with Crippen LogP contribution in [-0.4, -0.2) is 84.2 Å². The van der Waals surface area contributed by atoms with E-state index in [1.165, 1.54) is 0 Å². The van der Waals surface area contributed by atoms with Crippen LogP contribution >= 0.6 is 0 Å². The van der Waals surface area contributed by atoms with Crippen molar-refractivity contribution in [3.8, 4) is 5.75 Å². The molecule has 2 saturated heterocycles. The Bertz CT molecular complexity index is 1080. The predicted molar refractivity (Wildman–Crippen MR) is 121 cm³/mol. The molecular formula is C22H25KN3O5S. The van der Waals surface area contributed by atoms with E-state index in [0.717, 1.165) is 34.7 Å². The minimum Gasteiger partial charge on any atom is -0.487 e. The number of benzene rings is 2. The summed E-state index contributed by atoms with van der Waals surface area (Å²) in [7, 11) is -3.95. The molecule has 0 aromatic heterocycles. The second-order valence-electron chi connectivity index (χ2n) is 7.83. The van der Waals surface area contributed by atoms with Crippen molar-refractivity contribution in [2.45, 2.75) is 44.8 Å². The van der Waals surface area contributed by atoms with Gasteiger partial charge in [0.25, 0.3) is 5.91 Å². The molecule has 2 N–H and O–H groups in total.